The van der Waals surface area contributed by atoms with E-state index >= 15 is 0 Å². The fraction of sp³-hybridized carbons (Fsp3) is 0.538. The lowest BCUT2D eigenvalue weighted by atomic mass is 9.97. The molecule has 0 atom stereocenters. The van der Waals surface area contributed by atoms with E-state index in [0.29, 0.717) is 5.41 Å². The number of nitrogens with one attached hydrogen (secondary N) is 1. The van der Waals surface area contributed by atoms with E-state index in [1.807, 2.05) is 0 Å². The van der Waals surface area contributed by atoms with Crippen LogP contribution in [0.25, 0.3) is 0 Å². The van der Waals surface area contributed by atoms with E-state index in [0.717, 1.165) is 6.54 Å². The second-order valence-electron chi connectivity index (χ2n) is 4.64. The summed E-state index contributed by atoms with van der Waals surface area (Å²) in [6.45, 7) is 7.70. The molecule has 0 spiro atoms. The van der Waals surface area contributed by atoms with Crippen molar-refractivity contribution in [2.45, 2.75) is 33.1 Å². The molecule has 1 aromatic carbocycles. The van der Waals surface area contributed by atoms with E-state index in [2.05, 4.69) is 56.6 Å². The Kier molecular flexibility index (Phi) is 5.81. The van der Waals surface area contributed by atoms with Gasteiger partial charge in [-0.3, -0.25) is 0 Å². The summed E-state index contributed by atoms with van der Waals surface area (Å²) in [5.74, 6) is 0. The van der Waals surface area contributed by atoms with E-state index in [4.69, 9.17) is 0 Å². The van der Waals surface area contributed by atoms with E-state index in [1.165, 1.54) is 10.6 Å². The summed E-state index contributed by atoms with van der Waals surface area (Å²) in [6, 6.07) is 8.57. The third-order valence-electron chi connectivity index (χ3n) is 1.91. The summed E-state index contributed by atoms with van der Waals surface area (Å²) < 4.78 is 0. The molecule has 1 aromatic rings. The van der Waals surface area contributed by atoms with Gasteiger partial charge in [-0.1, -0.05) is 28.2 Å². The zero-order valence-electron chi connectivity index (χ0n) is 9.42. The van der Waals surface area contributed by atoms with Gasteiger partial charge in [-0.25, -0.2) is 0 Å². The quantitative estimate of drug-likeness (QED) is 0.760. The first kappa shape index (κ1) is 14.4. The lowest BCUT2D eigenvalue weighted by Crippen LogP contribution is -2.18. The highest BCUT2D eigenvalue weighted by Crippen LogP contribution is 2.19. The highest BCUT2D eigenvalue weighted by molar-refractivity contribution is 7.98. The molecule has 0 heterocycles. The van der Waals surface area contributed by atoms with Crippen LogP contribution in [-0.2, 0) is 0 Å². The minimum Gasteiger partial charge on any atom is -0.385 e. The van der Waals surface area contributed by atoms with E-state index in [1.54, 1.807) is 11.8 Å². The van der Waals surface area contributed by atoms with Crippen LogP contribution in [0.3, 0.4) is 0 Å². The van der Waals surface area contributed by atoms with Crippen LogP contribution in [0.15, 0.2) is 29.2 Å². The standard InChI is InChI=1S/C12H19NS.CH4/c1-12(2,3)9-13-10-5-7-11(14-4)8-6-10;/h5-8,13H,9H2,1-4H3;1H4. The SMILES string of the molecule is C.CSc1ccc(NCC(C)(C)C)cc1. The molecule has 0 aliphatic rings. The fourth-order valence-corrected chi connectivity index (χ4v) is 1.48. The van der Waals surface area contributed by atoms with Gasteiger partial charge in [-0.15, -0.1) is 11.8 Å². The van der Waals surface area contributed by atoms with E-state index < -0.39 is 0 Å². The van der Waals surface area contributed by atoms with Gasteiger partial charge in [0.2, 0.25) is 0 Å². The normalized spacial score (nSPS) is 10.7. The zero-order chi connectivity index (χ0) is 10.6. The molecule has 2 heteroatoms. The van der Waals surface area contributed by atoms with Gasteiger partial charge in [0.25, 0.3) is 0 Å². The van der Waals surface area contributed by atoms with Gasteiger partial charge in [0.05, 0.1) is 0 Å². The van der Waals surface area contributed by atoms with Crippen LogP contribution >= 0.6 is 11.8 Å². The Labute approximate surface area is 98.7 Å². The highest BCUT2D eigenvalue weighted by Gasteiger charge is 2.08. The molecule has 0 fully saturated rings. The monoisotopic (exact) mass is 225 g/mol. The maximum absolute atomic E-state index is 3.43. The molecule has 0 amide bonds. The van der Waals surface area contributed by atoms with Crippen LogP contribution in [0.1, 0.15) is 28.2 Å². The average Bonchev–Trinajstić information content (AvgIpc) is 2.14. The van der Waals surface area contributed by atoms with E-state index in [9.17, 15) is 0 Å². The third-order valence-corrected chi connectivity index (χ3v) is 2.66. The first-order chi connectivity index (χ1) is 6.51. The van der Waals surface area contributed by atoms with Crippen molar-refractivity contribution < 1.29 is 0 Å². The predicted octanol–water partition coefficient (Wildman–Crippen LogP) is 4.50. The van der Waals surface area contributed by atoms with Crippen molar-refractivity contribution >= 4 is 17.4 Å². The van der Waals surface area contributed by atoms with Crippen molar-refractivity contribution in [3.63, 3.8) is 0 Å². The van der Waals surface area contributed by atoms with Gasteiger partial charge in [0.1, 0.15) is 0 Å². The van der Waals surface area contributed by atoms with Crippen molar-refractivity contribution in [2.24, 2.45) is 5.41 Å². The molecule has 0 radical (unpaired) electrons. The summed E-state index contributed by atoms with van der Waals surface area (Å²) in [7, 11) is 0. The van der Waals surface area contributed by atoms with E-state index in [-0.39, 0.29) is 7.43 Å². The van der Waals surface area contributed by atoms with Crippen LogP contribution in [0, 0.1) is 5.41 Å². The molecule has 0 aliphatic heterocycles. The molecule has 1 rings (SSSR count). The number of hydrogen-bond donors (Lipinski definition) is 1. The summed E-state index contributed by atoms with van der Waals surface area (Å²) in [6.07, 6.45) is 2.09. The number of thioether (sulfide) groups is 1. The molecule has 1 N–H and O–H groups in total. The Bertz CT molecular complexity index is 272. The minimum atomic E-state index is 0. The maximum atomic E-state index is 3.43. The largest absolute Gasteiger partial charge is 0.385 e. The first-order valence-electron chi connectivity index (χ1n) is 4.89. The lowest BCUT2D eigenvalue weighted by Gasteiger charge is -2.19. The van der Waals surface area contributed by atoms with Gasteiger partial charge < -0.3 is 5.32 Å². The second-order valence-corrected chi connectivity index (χ2v) is 5.52. The molecular weight excluding hydrogens is 202 g/mol. The van der Waals surface area contributed by atoms with Crippen molar-refractivity contribution in [1.82, 2.24) is 0 Å². The smallest absolute Gasteiger partial charge is 0.0341 e. The van der Waals surface area contributed by atoms with Crippen molar-refractivity contribution in [1.29, 1.82) is 0 Å². The Balaban J connectivity index is 0.00000196. The summed E-state index contributed by atoms with van der Waals surface area (Å²) in [4.78, 5) is 1.31. The molecule has 15 heavy (non-hydrogen) atoms. The Morgan fingerprint density at radius 3 is 2.07 bits per heavy atom. The van der Waals surface area contributed by atoms with Crippen LogP contribution in [0.4, 0.5) is 5.69 Å². The lowest BCUT2D eigenvalue weighted by molar-refractivity contribution is 0.443. The Morgan fingerprint density at radius 1 is 1.13 bits per heavy atom. The molecule has 0 saturated carbocycles. The van der Waals surface area contributed by atoms with Crippen LogP contribution in [-0.4, -0.2) is 12.8 Å². The van der Waals surface area contributed by atoms with Crippen LogP contribution in [0.5, 0.6) is 0 Å². The first-order valence-corrected chi connectivity index (χ1v) is 6.12. The summed E-state index contributed by atoms with van der Waals surface area (Å²) in [5.41, 5.74) is 1.54. The molecule has 0 aromatic heterocycles. The highest BCUT2D eigenvalue weighted by atomic mass is 32.2. The summed E-state index contributed by atoms with van der Waals surface area (Å²) in [5, 5.41) is 3.43. The number of hydrogen-bond acceptors (Lipinski definition) is 2. The average molecular weight is 225 g/mol. The summed E-state index contributed by atoms with van der Waals surface area (Å²) >= 11 is 1.77. The Morgan fingerprint density at radius 2 is 1.67 bits per heavy atom. The van der Waals surface area contributed by atoms with Crippen LogP contribution in [0.2, 0.25) is 0 Å². The second kappa shape index (κ2) is 6.06. The van der Waals surface area contributed by atoms with Gasteiger partial charge in [0.15, 0.2) is 0 Å². The van der Waals surface area contributed by atoms with Crippen LogP contribution < -0.4 is 5.32 Å². The van der Waals surface area contributed by atoms with Gasteiger partial charge in [0, 0.05) is 17.1 Å². The molecule has 86 valence electrons. The van der Waals surface area contributed by atoms with Crippen molar-refractivity contribution in [2.75, 3.05) is 18.1 Å². The maximum Gasteiger partial charge on any atom is 0.0341 e. The van der Waals surface area contributed by atoms with Crippen molar-refractivity contribution in [3.05, 3.63) is 24.3 Å². The minimum absolute atomic E-state index is 0. The Hall–Kier alpha value is -0.630. The molecule has 0 unspecified atom stereocenters. The fourth-order valence-electron chi connectivity index (χ4n) is 1.08. The van der Waals surface area contributed by atoms with Crippen molar-refractivity contribution in [3.8, 4) is 0 Å². The number of benzene rings is 1. The van der Waals surface area contributed by atoms with Gasteiger partial charge >= 0.3 is 0 Å². The zero-order valence-corrected chi connectivity index (χ0v) is 10.2. The molecule has 0 aliphatic carbocycles. The van der Waals surface area contributed by atoms with Gasteiger partial charge in [-0.05, 0) is 35.9 Å². The predicted molar refractivity (Wildman–Crippen MR) is 72.9 cm³/mol. The van der Waals surface area contributed by atoms with Gasteiger partial charge in [-0.2, -0.15) is 0 Å². The molecule has 0 bridgehead atoms. The number of anilines is 1. The molecular formula is C13H23NS. The molecule has 1 nitrogen and oxygen atoms in total. The topological polar surface area (TPSA) is 12.0 Å². The third kappa shape index (κ3) is 5.73. The number of rotatable bonds is 3. The molecule has 0 saturated heterocycles.